The van der Waals surface area contributed by atoms with Gasteiger partial charge in [-0.05, 0) is 17.7 Å². The zero-order valence-corrected chi connectivity index (χ0v) is 10.4. The van der Waals surface area contributed by atoms with E-state index in [9.17, 15) is 0 Å². The fourth-order valence-corrected chi connectivity index (χ4v) is 2.15. The van der Waals surface area contributed by atoms with Gasteiger partial charge in [0.15, 0.2) is 5.65 Å². The molecule has 0 aliphatic heterocycles. The van der Waals surface area contributed by atoms with E-state index in [1.165, 1.54) is 0 Å². The van der Waals surface area contributed by atoms with Crippen LogP contribution >= 0.6 is 15.9 Å². The molecular weight excluding hydrogens is 280 g/mol. The van der Waals surface area contributed by atoms with Gasteiger partial charge in [0.1, 0.15) is 0 Å². The predicted octanol–water partition coefficient (Wildman–Crippen LogP) is 2.74. The quantitative estimate of drug-likeness (QED) is 0.749. The fraction of sp³-hybridized carbons (Fsp3) is 0. The predicted molar refractivity (Wildman–Crippen MR) is 70.5 cm³/mol. The smallest absolute Gasteiger partial charge is 0.162 e. The lowest BCUT2D eigenvalue weighted by Gasteiger charge is -2.00. The molecule has 3 rings (SSSR count). The van der Waals surface area contributed by atoms with E-state index in [1.807, 2.05) is 24.3 Å². The summed E-state index contributed by atoms with van der Waals surface area (Å²) in [5, 5.41) is 4.24. The first kappa shape index (κ1) is 10.3. The molecule has 0 aliphatic rings. The molecule has 1 aromatic carbocycles. The average molecular weight is 289 g/mol. The lowest BCUT2D eigenvalue weighted by molar-refractivity contribution is 0.942. The van der Waals surface area contributed by atoms with Gasteiger partial charge in [0.2, 0.25) is 0 Å². The molecule has 84 valence electrons. The van der Waals surface area contributed by atoms with Gasteiger partial charge < -0.3 is 5.73 Å². The van der Waals surface area contributed by atoms with Crippen LogP contribution in [0, 0.1) is 0 Å². The number of nitrogens with zero attached hydrogens (tertiary/aromatic N) is 3. The first-order valence-electron chi connectivity index (χ1n) is 5.09. The number of nitrogen functional groups attached to an aromatic ring is 1. The molecule has 0 saturated heterocycles. The van der Waals surface area contributed by atoms with E-state index in [0.29, 0.717) is 5.69 Å². The molecule has 0 spiro atoms. The second-order valence-corrected chi connectivity index (χ2v) is 4.64. The van der Waals surface area contributed by atoms with Gasteiger partial charge in [-0.3, -0.25) is 0 Å². The van der Waals surface area contributed by atoms with Crippen LogP contribution in [0.25, 0.3) is 16.8 Å². The number of rotatable bonds is 1. The summed E-state index contributed by atoms with van der Waals surface area (Å²) in [5.74, 6) is 0. The highest BCUT2D eigenvalue weighted by atomic mass is 79.9. The monoisotopic (exact) mass is 288 g/mol. The maximum Gasteiger partial charge on any atom is 0.162 e. The van der Waals surface area contributed by atoms with E-state index >= 15 is 0 Å². The van der Waals surface area contributed by atoms with E-state index in [4.69, 9.17) is 5.73 Å². The van der Waals surface area contributed by atoms with E-state index < -0.39 is 0 Å². The third-order valence-corrected chi connectivity index (χ3v) is 3.01. The molecule has 4 nitrogen and oxygen atoms in total. The minimum atomic E-state index is 0.599. The molecule has 0 fully saturated rings. The number of benzene rings is 1. The van der Waals surface area contributed by atoms with Crippen LogP contribution in [0.15, 0.2) is 47.3 Å². The number of anilines is 1. The maximum atomic E-state index is 5.67. The molecule has 0 atom stereocenters. The first-order valence-corrected chi connectivity index (χ1v) is 5.88. The highest BCUT2D eigenvalue weighted by Gasteiger charge is 2.07. The Kier molecular flexibility index (Phi) is 2.33. The zero-order valence-electron chi connectivity index (χ0n) is 8.84. The van der Waals surface area contributed by atoms with Crippen LogP contribution in [0.4, 0.5) is 5.69 Å². The van der Waals surface area contributed by atoms with Crippen LogP contribution in [0.1, 0.15) is 0 Å². The number of aromatic nitrogens is 3. The van der Waals surface area contributed by atoms with Crippen LogP contribution in [-0.4, -0.2) is 14.6 Å². The normalized spacial score (nSPS) is 10.9. The molecule has 0 aliphatic carbocycles. The Hall–Kier alpha value is -1.88. The molecule has 17 heavy (non-hydrogen) atoms. The van der Waals surface area contributed by atoms with E-state index in [-0.39, 0.29) is 0 Å². The van der Waals surface area contributed by atoms with Gasteiger partial charge in [-0.15, -0.1) is 0 Å². The molecule has 2 heterocycles. The number of hydrogen-bond donors (Lipinski definition) is 1. The third kappa shape index (κ3) is 1.78. The summed E-state index contributed by atoms with van der Waals surface area (Å²) in [5.41, 5.74) is 9.13. The summed E-state index contributed by atoms with van der Waals surface area (Å²) in [6, 6.07) is 8.04. The highest BCUT2D eigenvalue weighted by molar-refractivity contribution is 9.10. The molecule has 0 saturated carbocycles. The van der Waals surface area contributed by atoms with E-state index in [1.54, 1.807) is 23.1 Å². The Morgan fingerprint density at radius 2 is 2.12 bits per heavy atom. The second kappa shape index (κ2) is 3.85. The standard InChI is InChI=1S/C12H9BrN4/c13-9-3-1-2-8(4-9)11-6-16-17-7-10(14)5-15-12(11)17/h1-7H,14H2. The van der Waals surface area contributed by atoms with Crippen LogP contribution in [-0.2, 0) is 0 Å². The summed E-state index contributed by atoms with van der Waals surface area (Å²) in [4.78, 5) is 4.31. The van der Waals surface area contributed by atoms with Gasteiger partial charge in [-0.2, -0.15) is 5.10 Å². The van der Waals surface area contributed by atoms with Crippen LogP contribution in [0.5, 0.6) is 0 Å². The van der Waals surface area contributed by atoms with Crippen molar-refractivity contribution in [1.82, 2.24) is 14.6 Å². The number of halogens is 1. The SMILES string of the molecule is Nc1cnc2c(-c3cccc(Br)c3)cnn2c1. The van der Waals surface area contributed by atoms with E-state index in [0.717, 1.165) is 21.2 Å². The molecule has 0 radical (unpaired) electrons. The Labute approximate surface area is 106 Å². The molecule has 3 aromatic rings. The summed E-state index contributed by atoms with van der Waals surface area (Å²) in [7, 11) is 0. The molecular formula is C12H9BrN4. The molecule has 2 aromatic heterocycles. The Morgan fingerprint density at radius 1 is 1.24 bits per heavy atom. The number of hydrogen-bond acceptors (Lipinski definition) is 3. The van der Waals surface area contributed by atoms with Crippen LogP contribution < -0.4 is 5.73 Å². The lowest BCUT2D eigenvalue weighted by atomic mass is 10.1. The largest absolute Gasteiger partial charge is 0.396 e. The van der Waals surface area contributed by atoms with Crippen LogP contribution in [0.2, 0.25) is 0 Å². The summed E-state index contributed by atoms with van der Waals surface area (Å²) >= 11 is 3.46. The Balaban J connectivity index is 2.24. The van der Waals surface area contributed by atoms with Crippen molar-refractivity contribution in [3.63, 3.8) is 0 Å². The first-order chi connectivity index (χ1) is 8.24. The van der Waals surface area contributed by atoms with Gasteiger partial charge >= 0.3 is 0 Å². The molecule has 2 N–H and O–H groups in total. The molecule has 5 heteroatoms. The fourth-order valence-electron chi connectivity index (χ4n) is 1.75. The van der Waals surface area contributed by atoms with Crippen LogP contribution in [0.3, 0.4) is 0 Å². The number of fused-ring (bicyclic) bond motifs is 1. The van der Waals surface area contributed by atoms with E-state index in [2.05, 4.69) is 26.0 Å². The minimum Gasteiger partial charge on any atom is -0.396 e. The lowest BCUT2D eigenvalue weighted by Crippen LogP contribution is -1.94. The third-order valence-electron chi connectivity index (χ3n) is 2.51. The van der Waals surface area contributed by atoms with Gasteiger partial charge in [0, 0.05) is 10.0 Å². The van der Waals surface area contributed by atoms with Gasteiger partial charge in [0.05, 0.1) is 24.3 Å². The molecule has 0 amide bonds. The van der Waals surface area contributed by atoms with Crippen molar-refractivity contribution in [2.24, 2.45) is 0 Å². The Bertz CT molecular complexity index is 690. The average Bonchev–Trinajstić information content (AvgIpc) is 2.71. The van der Waals surface area contributed by atoms with Crippen molar-refractivity contribution in [3.05, 3.63) is 47.3 Å². The molecule has 0 bridgehead atoms. The summed E-state index contributed by atoms with van der Waals surface area (Å²) < 4.78 is 2.72. The topological polar surface area (TPSA) is 56.2 Å². The maximum absolute atomic E-state index is 5.67. The van der Waals surface area contributed by atoms with Gasteiger partial charge in [-0.25, -0.2) is 9.50 Å². The van der Waals surface area contributed by atoms with Crippen molar-refractivity contribution < 1.29 is 0 Å². The minimum absolute atomic E-state index is 0.599. The molecule has 0 unspecified atom stereocenters. The number of nitrogens with two attached hydrogens (primary N) is 1. The summed E-state index contributed by atoms with van der Waals surface area (Å²) in [6.07, 6.45) is 5.19. The van der Waals surface area contributed by atoms with Crippen molar-refractivity contribution in [2.45, 2.75) is 0 Å². The highest BCUT2D eigenvalue weighted by Crippen LogP contribution is 2.25. The zero-order chi connectivity index (χ0) is 11.8. The van der Waals surface area contributed by atoms with Crippen molar-refractivity contribution in [1.29, 1.82) is 0 Å². The second-order valence-electron chi connectivity index (χ2n) is 3.72. The summed E-state index contributed by atoms with van der Waals surface area (Å²) in [6.45, 7) is 0. The Morgan fingerprint density at radius 3 is 2.94 bits per heavy atom. The van der Waals surface area contributed by atoms with Crippen molar-refractivity contribution in [3.8, 4) is 11.1 Å². The van der Waals surface area contributed by atoms with Gasteiger partial charge in [-0.1, -0.05) is 28.1 Å². The van der Waals surface area contributed by atoms with Crippen molar-refractivity contribution in [2.75, 3.05) is 5.73 Å². The van der Waals surface area contributed by atoms with Crippen molar-refractivity contribution >= 4 is 27.3 Å². The van der Waals surface area contributed by atoms with Gasteiger partial charge in [0.25, 0.3) is 0 Å².